The van der Waals surface area contributed by atoms with Crippen molar-refractivity contribution < 1.29 is 0 Å². The summed E-state index contributed by atoms with van der Waals surface area (Å²) in [4.78, 5) is 4.75. The number of para-hydroxylation sites is 4. The van der Waals surface area contributed by atoms with Crippen molar-refractivity contribution >= 4 is 44.9 Å². The Hall–Kier alpha value is -7.94. The van der Waals surface area contributed by atoms with Crippen LogP contribution in [0.1, 0.15) is 22.3 Å². The predicted molar refractivity (Wildman–Crippen MR) is 255 cm³/mol. The maximum atomic E-state index is 2.50. The third kappa shape index (κ3) is 5.43. The molecule has 61 heavy (non-hydrogen) atoms. The first-order valence-electron chi connectivity index (χ1n) is 21.1. The Balaban J connectivity index is 1.16. The fourth-order valence-electron chi connectivity index (χ4n) is 10.3. The molecule has 0 amide bonds. The molecular formula is C59H40N2. The first-order chi connectivity index (χ1) is 30.3. The molecule has 2 aliphatic rings. The lowest BCUT2D eigenvalue weighted by molar-refractivity contribution is 0.795. The van der Waals surface area contributed by atoms with E-state index in [1.165, 1.54) is 66.4 Å². The molecule has 1 spiro atoms. The van der Waals surface area contributed by atoms with E-state index in [2.05, 4.69) is 252 Å². The molecule has 0 saturated heterocycles. The minimum Gasteiger partial charge on any atom is -0.311 e. The molecule has 2 nitrogen and oxygen atoms in total. The summed E-state index contributed by atoms with van der Waals surface area (Å²) >= 11 is 0. The molecule has 10 aromatic rings. The lowest BCUT2D eigenvalue weighted by Gasteiger charge is -2.33. The number of hydrogen-bond acceptors (Lipinski definition) is 2. The molecular weight excluding hydrogens is 737 g/mol. The normalized spacial score (nSPS) is 14.3. The maximum Gasteiger partial charge on any atom is 0.0726 e. The highest BCUT2D eigenvalue weighted by atomic mass is 15.1. The van der Waals surface area contributed by atoms with Crippen molar-refractivity contribution in [3.8, 4) is 33.4 Å². The van der Waals surface area contributed by atoms with E-state index in [0.717, 1.165) is 34.1 Å². The van der Waals surface area contributed by atoms with Crippen LogP contribution in [0.3, 0.4) is 0 Å². The minimum absolute atomic E-state index is 0.539. The van der Waals surface area contributed by atoms with Crippen molar-refractivity contribution in [2.45, 2.75) is 5.41 Å². The van der Waals surface area contributed by atoms with E-state index in [4.69, 9.17) is 0 Å². The van der Waals surface area contributed by atoms with Gasteiger partial charge < -0.3 is 9.80 Å². The van der Waals surface area contributed by atoms with Crippen LogP contribution in [0, 0.1) is 0 Å². The van der Waals surface area contributed by atoms with Crippen LogP contribution in [0.2, 0.25) is 0 Å². The monoisotopic (exact) mass is 776 g/mol. The van der Waals surface area contributed by atoms with Crippen LogP contribution in [0.15, 0.2) is 243 Å². The first-order valence-corrected chi connectivity index (χ1v) is 21.1. The van der Waals surface area contributed by atoms with E-state index in [0.29, 0.717) is 0 Å². The second-order valence-electron chi connectivity index (χ2n) is 16.1. The molecule has 1 atom stereocenters. The van der Waals surface area contributed by atoms with Crippen LogP contribution >= 0.6 is 0 Å². The highest BCUT2D eigenvalue weighted by molar-refractivity contribution is 6.04. The average molecular weight is 777 g/mol. The van der Waals surface area contributed by atoms with Crippen LogP contribution in [0.4, 0.5) is 34.1 Å². The number of hydrogen-bond donors (Lipinski definition) is 0. The van der Waals surface area contributed by atoms with E-state index < -0.39 is 5.41 Å². The largest absolute Gasteiger partial charge is 0.311 e. The van der Waals surface area contributed by atoms with Crippen molar-refractivity contribution in [3.63, 3.8) is 0 Å². The standard InChI is InChI=1S/C59H40N2/c1-5-21-44(22-6-1)60(45-23-7-2-8-24-45)48-35-33-41(34-36-48)52-39-49(61(46-25-9-3-10-26-46)47-27-11-4-12-28-47)40-57-58(52)51-30-16-18-32-55(51)59(57)54-31-17-15-29-50(54)53-37-42-19-13-14-20-43(42)38-56(53)59/h1-40H. The Morgan fingerprint density at radius 3 is 1.23 bits per heavy atom. The van der Waals surface area contributed by atoms with Gasteiger partial charge in [-0.15, -0.1) is 0 Å². The van der Waals surface area contributed by atoms with E-state index >= 15 is 0 Å². The zero-order chi connectivity index (χ0) is 40.3. The summed E-state index contributed by atoms with van der Waals surface area (Å²) < 4.78 is 0. The molecule has 10 aromatic carbocycles. The second kappa shape index (κ2) is 14.1. The summed E-state index contributed by atoms with van der Waals surface area (Å²) in [5, 5.41) is 2.51. The number of rotatable bonds is 7. The van der Waals surface area contributed by atoms with Crippen molar-refractivity contribution in [3.05, 3.63) is 265 Å². The highest BCUT2D eigenvalue weighted by Crippen LogP contribution is 2.65. The van der Waals surface area contributed by atoms with E-state index in [-0.39, 0.29) is 0 Å². The van der Waals surface area contributed by atoms with E-state index in [1.54, 1.807) is 0 Å². The Kier molecular flexibility index (Phi) is 8.11. The van der Waals surface area contributed by atoms with Gasteiger partial charge in [0.25, 0.3) is 0 Å². The smallest absolute Gasteiger partial charge is 0.0726 e. The molecule has 2 aliphatic carbocycles. The second-order valence-corrected chi connectivity index (χ2v) is 16.1. The predicted octanol–water partition coefficient (Wildman–Crippen LogP) is 15.8. The number of nitrogens with zero attached hydrogens (tertiary/aromatic N) is 2. The molecule has 0 radical (unpaired) electrons. The third-order valence-electron chi connectivity index (χ3n) is 12.8. The van der Waals surface area contributed by atoms with Gasteiger partial charge in [-0.1, -0.05) is 158 Å². The quantitative estimate of drug-likeness (QED) is 0.159. The Morgan fingerprint density at radius 2 is 0.672 bits per heavy atom. The van der Waals surface area contributed by atoms with Gasteiger partial charge in [-0.05, 0) is 151 Å². The molecule has 0 bridgehead atoms. The zero-order valence-corrected chi connectivity index (χ0v) is 33.5. The molecule has 0 aromatic heterocycles. The summed E-state index contributed by atoms with van der Waals surface area (Å²) in [6.07, 6.45) is 0. The first kappa shape index (κ1) is 35.0. The van der Waals surface area contributed by atoms with Crippen LogP contribution in [-0.2, 0) is 5.41 Å². The van der Waals surface area contributed by atoms with Crippen LogP contribution in [0.25, 0.3) is 44.2 Å². The molecule has 12 rings (SSSR count). The summed E-state index contributed by atoms with van der Waals surface area (Å²) in [7, 11) is 0. The van der Waals surface area contributed by atoms with Gasteiger partial charge in [0.1, 0.15) is 0 Å². The lowest BCUT2D eigenvalue weighted by Crippen LogP contribution is -2.26. The molecule has 0 saturated carbocycles. The Labute approximate surface area is 356 Å². The number of benzene rings is 10. The SMILES string of the molecule is c1ccc(N(c2ccccc2)c2ccc(-c3cc(N(c4ccccc4)c4ccccc4)cc4c3-c3ccccc3C43c4ccccc4-c4cc5ccccc5cc43)cc2)cc1. The van der Waals surface area contributed by atoms with Crippen molar-refractivity contribution in [1.29, 1.82) is 0 Å². The van der Waals surface area contributed by atoms with Gasteiger partial charge in [-0.3, -0.25) is 0 Å². The topological polar surface area (TPSA) is 6.48 Å². The number of anilines is 6. The minimum atomic E-state index is -0.539. The summed E-state index contributed by atoms with van der Waals surface area (Å²) in [6, 6.07) is 89.0. The van der Waals surface area contributed by atoms with Crippen LogP contribution in [-0.4, -0.2) is 0 Å². The van der Waals surface area contributed by atoms with Gasteiger partial charge >= 0.3 is 0 Å². The molecule has 2 heteroatoms. The van der Waals surface area contributed by atoms with E-state index in [1.807, 2.05) is 0 Å². The van der Waals surface area contributed by atoms with Gasteiger partial charge in [-0.2, -0.15) is 0 Å². The fourth-order valence-corrected chi connectivity index (χ4v) is 10.3. The molecule has 0 fully saturated rings. The number of fused-ring (bicyclic) bond motifs is 11. The van der Waals surface area contributed by atoms with Crippen LogP contribution in [0.5, 0.6) is 0 Å². The lowest BCUT2D eigenvalue weighted by atomic mass is 9.70. The zero-order valence-electron chi connectivity index (χ0n) is 33.5. The Bertz CT molecular complexity index is 3150. The average Bonchev–Trinajstić information content (AvgIpc) is 3.79. The van der Waals surface area contributed by atoms with Crippen molar-refractivity contribution in [2.24, 2.45) is 0 Å². The summed E-state index contributed by atoms with van der Waals surface area (Å²) in [5.74, 6) is 0. The molecule has 0 N–H and O–H groups in total. The molecule has 286 valence electrons. The molecule has 0 heterocycles. The third-order valence-corrected chi connectivity index (χ3v) is 12.8. The Morgan fingerprint density at radius 1 is 0.246 bits per heavy atom. The van der Waals surface area contributed by atoms with Gasteiger partial charge in [0.05, 0.1) is 5.41 Å². The van der Waals surface area contributed by atoms with Crippen molar-refractivity contribution in [2.75, 3.05) is 9.80 Å². The van der Waals surface area contributed by atoms with Gasteiger partial charge in [0, 0.05) is 34.1 Å². The molecule has 0 aliphatic heterocycles. The van der Waals surface area contributed by atoms with Gasteiger partial charge in [0.2, 0.25) is 0 Å². The summed E-state index contributed by atoms with van der Waals surface area (Å²) in [5.41, 5.74) is 19.0. The summed E-state index contributed by atoms with van der Waals surface area (Å²) in [6.45, 7) is 0. The van der Waals surface area contributed by atoms with Gasteiger partial charge in [0.15, 0.2) is 0 Å². The van der Waals surface area contributed by atoms with Gasteiger partial charge in [-0.25, -0.2) is 0 Å². The maximum absolute atomic E-state index is 2.50. The highest BCUT2D eigenvalue weighted by Gasteiger charge is 2.52. The molecule has 1 unspecified atom stereocenters. The van der Waals surface area contributed by atoms with E-state index in [9.17, 15) is 0 Å². The van der Waals surface area contributed by atoms with Crippen molar-refractivity contribution in [1.82, 2.24) is 0 Å². The van der Waals surface area contributed by atoms with Crippen LogP contribution < -0.4 is 9.80 Å². The fraction of sp³-hybridized carbons (Fsp3) is 0.0169.